The third-order valence-corrected chi connectivity index (χ3v) is 10.3. The summed E-state index contributed by atoms with van der Waals surface area (Å²) in [4.78, 5) is 2.36. The van der Waals surface area contributed by atoms with Gasteiger partial charge in [0.1, 0.15) is 0 Å². The number of fused-ring (bicyclic) bond motifs is 3. The number of hydrogen-bond acceptors (Lipinski definition) is 5. The van der Waals surface area contributed by atoms with Crippen LogP contribution >= 0.6 is 0 Å². The van der Waals surface area contributed by atoms with Gasteiger partial charge in [0.2, 0.25) is 5.95 Å². The van der Waals surface area contributed by atoms with Gasteiger partial charge >= 0.3 is 6.18 Å². The van der Waals surface area contributed by atoms with Crippen molar-refractivity contribution >= 4 is 27.7 Å². The Hall–Kier alpha value is -3.73. The molecule has 3 aromatic carbocycles. The van der Waals surface area contributed by atoms with E-state index < -0.39 is 17.7 Å². The summed E-state index contributed by atoms with van der Waals surface area (Å²) < 4.78 is 75.0. The Kier molecular flexibility index (Phi) is 9.32. The van der Waals surface area contributed by atoms with Crippen LogP contribution in [0.1, 0.15) is 79.0 Å². The lowest BCUT2D eigenvalue weighted by Gasteiger charge is -2.36. The van der Waals surface area contributed by atoms with E-state index in [0.29, 0.717) is 42.7 Å². The average Bonchev–Trinajstić information content (AvgIpc) is 3.33. The Labute approximate surface area is 278 Å². The highest BCUT2D eigenvalue weighted by Gasteiger charge is 2.32. The van der Waals surface area contributed by atoms with Crippen molar-refractivity contribution in [1.82, 2.24) is 9.78 Å². The fourth-order valence-electron chi connectivity index (χ4n) is 7.84. The summed E-state index contributed by atoms with van der Waals surface area (Å²) in [5.41, 5.74) is 6.42. The summed E-state index contributed by atoms with van der Waals surface area (Å²) in [6.07, 6.45) is 1.68. The van der Waals surface area contributed by atoms with Crippen molar-refractivity contribution in [2.24, 2.45) is 5.92 Å². The molecular weight excluding hydrogens is 622 g/mol. The van der Waals surface area contributed by atoms with Crippen LogP contribution in [0, 0.1) is 11.9 Å². The molecule has 2 saturated heterocycles. The lowest BCUT2D eigenvalue weighted by molar-refractivity contribution is -0.141. The average molecular weight is 664 g/mol. The second-order valence-electron chi connectivity index (χ2n) is 13.0. The van der Waals surface area contributed by atoms with Crippen LogP contribution < -0.4 is 4.90 Å². The highest BCUT2D eigenvalue weighted by Crippen LogP contribution is 2.44. The third kappa shape index (κ3) is 6.26. The van der Waals surface area contributed by atoms with Gasteiger partial charge in [0, 0.05) is 45.5 Å². The third-order valence-electron chi connectivity index (χ3n) is 10.3. The number of rotatable bonds is 7. The molecule has 0 spiro atoms. The first-order valence-electron chi connectivity index (χ1n) is 16.9. The summed E-state index contributed by atoms with van der Waals surface area (Å²) in [5.74, 6) is -0.183. The highest BCUT2D eigenvalue weighted by atomic mass is 19.4. The Balaban J connectivity index is 1.30. The predicted octanol–water partition coefficient (Wildman–Crippen LogP) is 9.02. The van der Waals surface area contributed by atoms with Crippen molar-refractivity contribution < 1.29 is 31.8 Å². The number of methoxy groups -OCH3 is 2. The van der Waals surface area contributed by atoms with Crippen molar-refractivity contribution in [3.63, 3.8) is 0 Å². The van der Waals surface area contributed by atoms with Gasteiger partial charge in [-0.25, -0.2) is 4.68 Å². The first-order chi connectivity index (χ1) is 23.3. The van der Waals surface area contributed by atoms with E-state index in [1.54, 1.807) is 31.0 Å². The van der Waals surface area contributed by atoms with Crippen molar-refractivity contribution in [2.75, 3.05) is 38.8 Å². The molecule has 0 bridgehead atoms. The topological polar surface area (TPSA) is 48.8 Å². The molecule has 7 rings (SSSR count). The Morgan fingerprint density at radius 2 is 1.54 bits per heavy atom. The molecule has 1 unspecified atom stereocenters. The monoisotopic (exact) mass is 663 g/mol. The highest BCUT2D eigenvalue weighted by molar-refractivity contribution is 6.03. The molecule has 0 amide bonds. The predicted molar refractivity (Wildman–Crippen MR) is 178 cm³/mol. The smallest absolute Gasteiger partial charge is 0.372 e. The van der Waals surface area contributed by atoms with E-state index in [9.17, 15) is 13.2 Å². The van der Waals surface area contributed by atoms with Crippen LogP contribution in [0.5, 0.6) is 0 Å². The van der Waals surface area contributed by atoms with Crippen LogP contribution in [0.4, 0.5) is 23.2 Å². The SMILES string of the molecule is COC(OC)C1CCN(c2ccc(C3=C(c4ccc(C(F)(F)F)cc4)CCCc4c3ccc3c4c(F)nn3C3CCCCO3)cc2)CC1. The van der Waals surface area contributed by atoms with Crippen molar-refractivity contribution in [3.05, 3.63) is 94.4 Å². The number of benzene rings is 3. The van der Waals surface area contributed by atoms with Crippen LogP contribution in [0.25, 0.3) is 22.0 Å². The molecule has 2 fully saturated rings. The number of hydrogen-bond donors (Lipinski definition) is 0. The molecule has 3 aliphatic rings. The molecule has 48 heavy (non-hydrogen) atoms. The first-order valence-corrected chi connectivity index (χ1v) is 16.9. The summed E-state index contributed by atoms with van der Waals surface area (Å²) in [6, 6.07) is 17.8. The van der Waals surface area contributed by atoms with Crippen LogP contribution in [-0.2, 0) is 26.8 Å². The van der Waals surface area contributed by atoms with Gasteiger partial charge in [-0.05, 0) is 115 Å². The largest absolute Gasteiger partial charge is 0.416 e. The van der Waals surface area contributed by atoms with Gasteiger partial charge in [-0.3, -0.25) is 0 Å². The van der Waals surface area contributed by atoms with E-state index >= 15 is 4.39 Å². The van der Waals surface area contributed by atoms with Crippen molar-refractivity contribution in [2.45, 2.75) is 70.1 Å². The zero-order valence-corrected chi connectivity index (χ0v) is 27.4. The van der Waals surface area contributed by atoms with Gasteiger partial charge in [-0.15, -0.1) is 5.10 Å². The minimum absolute atomic E-state index is 0.209. The lowest BCUT2D eigenvalue weighted by atomic mass is 9.86. The molecule has 1 aromatic heterocycles. The lowest BCUT2D eigenvalue weighted by Crippen LogP contribution is -2.39. The van der Waals surface area contributed by atoms with Gasteiger partial charge < -0.3 is 19.1 Å². The molecule has 0 radical (unpaired) electrons. The molecule has 254 valence electrons. The molecule has 10 heteroatoms. The zero-order chi connectivity index (χ0) is 33.4. The second kappa shape index (κ2) is 13.6. The van der Waals surface area contributed by atoms with Gasteiger partial charge in [-0.1, -0.05) is 30.3 Å². The number of ether oxygens (including phenoxy) is 3. The Bertz CT molecular complexity index is 1760. The van der Waals surface area contributed by atoms with E-state index in [-0.39, 0.29) is 12.5 Å². The van der Waals surface area contributed by atoms with Gasteiger partial charge in [0.15, 0.2) is 12.5 Å². The number of aryl methyl sites for hydroxylation is 1. The zero-order valence-electron chi connectivity index (χ0n) is 27.4. The van der Waals surface area contributed by atoms with Crippen molar-refractivity contribution in [1.29, 1.82) is 0 Å². The van der Waals surface area contributed by atoms with Gasteiger partial charge in [0.25, 0.3) is 0 Å². The van der Waals surface area contributed by atoms with E-state index in [0.717, 1.165) is 96.4 Å². The normalized spacial score (nSPS) is 19.6. The first kappa shape index (κ1) is 32.8. The molecule has 1 aliphatic carbocycles. The second-order valence-corrected chi connectivity index (χ2v) is 13.0. The standard InChI is InChI=1S/C38H41F4N3O3/c1-46-37(47-2)26-19-21-44(22-20-26)28-15-11-25(12-16-28)34-29(24-9-13-27(14-10-24)38(40,41)42)6-5-7-30-31(34)17-18-32-35(30)36(39)43-45(32)33-8-3-4-23-48-33/h9-18,26,33,37H,3-8,19-23H2,1-2H3. The minimum atomic E-state index is -4.42. The van der Waals surface area contributed by atoms with Crippen LogP contribution in [0.3, 0.4) is 0 Å². The van der Waals surface area contributed by atoms with Crippen LogP contribution in [0.2, 0.25) is 0 Å². The molecule has 3 heterocycles. The van der Waals surface area contributed by atoms with Gasteiger partial charge in [0.05, 0.1) is 16.5 Å². The molecule has 4 aromatic rings. The molecule has 2 aliphatic heterocycles. The number of aromatic nitrogens is 2. The maximum atomic E-state index is 15.8. The van der Waals surface area contributed by atoms with E-state index in [4.69, 9.17) is 14.2 Å². The number of halogens is 4. The summed E-state index contributed by atoms with van der Waals surface area (Å²) in [5, 5.41) is 4.83. The van der Waals surface area contributed by atoms with E-state index in [1.165, 1.54) is 0 Å². The number of allylic oxidation sites excluding steroid dienone is 1. The van der Waals surface area contributed by atoms with E-state index in [2.05, 4.69) is 34.3 Å². The van der Waals surface area contributed by atoms with Crippen molar-refractivity contribution in [3.8, 4) is 0 Å². The Morgan fingerprint density at radius 1 is 0.833 bits per heavy atom. The fraction of sp³-hybridized carbons (Fsp3) is 0.447. The number of nitrogens with zero attached hydrogens (tertiary/aromatic N) is 3. The van der Waals surface area contributed by atoms with Gasteiger partial charge in [-0.2, -0.15) is 17.6 Å². The number of alkyl halides is 3. The maximum Gasteiger partial charge on any atom is 0.416 e. The number of piperidine rings is 1. The molecule has 1 atom stereocenters. The molecule has 0 saturated carbocycles. The fourth-order valence-corrected chi connectivity index (χ4v) is 7.84. The van der Waals surface area contributed by atoms with Crippen LogP contribution in [-0.4, -0.2) is 50.0 Å². The quantitative estimate of drug-likeness (QED) is 0.146. The molecular formula is C38H41F4N3O3. The Morgan fingerprint density at radius 3 is 2.19 bits per heavy atom. The minimum Gasteiger partial charge on any atom is -0.372 e. The van der Waals surface area contributed by atoms with Crippen LogP contribution in [0.15, 0.2) is 60.7 Å². The van der Waals surface area contributed by atoms with E-state index in [1.807, 2.05) is 12.1 Å². The molecule has 6 nitrogen and oxygen atoms in total. The molecule has 0 N–H and O–H groups in total. The summed E-state index contributed by atoms with van der Waals surface area (Å²) in [7, 11) is 3.35. The maximum absolute atomic E-state index is 15.8. The number of anilines is 1. The summed E-state index contributed by atoms with van der Waals surface area (Å²) in [6.45, 7) is 2.37. The summed E-state index contributed by atoms with van der Waals surface area (Å²) >= 11 is 0.